The van der Waals surface area contributed by atoms with Gasteiger partial charge in [-0.05, 0) is 24.6 Å². The summed E-state index contributed by atoms with van der Waals surface area (Å²) >= 11 is 6.66. The Kier molecular flexibility index (Phi) is 5.78. The molecule has 1 aliphatic heterocycles. The summed E-state index contributed by atoms with van der Waals surface area (Å²) in [7, 11) is 0. The molecule has 1 aliphatic rings. The van der Waals surface area contributed by atoms with E-state index >= 15 is 0 Å². The average molecular weight is 359 g/mol. The van der Waals surface area contributed by atoms with Crippen molar-refractivity contribution < 1.29 is 4.79 Å². The number of hydrogen-bond donors (Lipinski definition) is 1. The largest absolute Gasteiger partial charge is 0.349 e. The summed E-state index contributed by atoms with van der Waals surface area (Å²) in [5.41, 5.74) is 1.11. The Balaban J connectivity index is 1.79. The molecule has 0 fully saturated rings. The Labute approximate surface area is 130 Å². The molecular formula is C13H15BrN2OS2. The van der Waals surface area contributed by atoms with E-state index in [4.69, 9.17) is 0 Å². The lowest BCUT2D eigenvalue weighted by molar-refractivity contribution is -0.119. The molecule has 2 rings (SSSR count). The monoisotopic (exact) mass is 358 g/mol. The molecule has 1 unspecified atom stereocenters. The zero-order chi connectivity index (χ0) is 13.7. The van der Waals surface area contributed by atoms with Gasteiger partial charge in [0.15, 0.2) is 0 Å². The highest BCUT2D eigenvalue weighted by Gasteiger charge is 2.13. The third-order valence-electron chi connectivity index (χ3n) is 2.63. The summed E-state index contributed by atoms with van der Waals surface area (Å²) in [6.07, 6.45) is 0. The van der Waals surface area contributed by atoms with Crippen molar-refractivity contribution in [1.82, 2.24) is 5.32 Å². The minimum atomic E-state index is 0.0272. The molecule has 0 aliphatic carbocycles. The molecule has 0 bridgehead atoms. The van der Waals surface area contributed by atoms with E-state index < -0.39 is 0 Å². The van der Waals surface area contributed by atoms with Crippen LogP contribution in [-0.4, -0.2) is 28.3 Å². The number of rotatable bonds is 4. The van der Waals surface area contributed by atoms with Crippen molar-refractivity contribution >= 4 is 49.7 Å². The lowest BCUT2D eigenvalue weighted by atomic mass is 10.1. The molecule has 102 valence electrons. The highest BCUT2D eigenvalue weighted by Crippen LogP contribution is 2.22. The molecular weight excluding hydrogens is 344 g/mol. The van der Waals surface area contributed by atoms with Gasteiger partial charge in [0, 0.05) is 10.2 Å². The van der Waals surface area contributed by atoms with Crippen molar-refractivity contribution in [3.8, 4) is 0 Å². The van der Waals surface area contributed by atoms with Crippen LogP contribution in [0.3, 0.4) is 0 Å². The molecule has 1 atom stereocenters. The van der Waals surface area contributed by atoms with Gasteiger partial charge in [-0.1, -0.05) is 51.6 Å². The van der Waals surface area contributed by atoms with Gasteiger partial charge in [-0.25, -0.2) is 0 Å². The molecule has 0 spiro atoms. The van der Waals surface area contributed by atoms with Gasteiger partial charge < -0.3 is 5.32 Å². The van der Waals surface area contributed by atoms with E-state index in [9.17, 15) is 4.79 Å². The zero-order valence-corrected chi connectivity index (χ0v) is 13.8. The molecule has 0 saturated heterocycles. The molecule has 19 heavy (non-hydrogen) atoms. The second-order valence-corrected chi connectivity index (χ2v) is 7.35. The lowest BCUT2D eigenvalue weighted by Gasteiger charge is -2.14. The van der Waals surface area contributed by atoms with E-state index in [2.05, 4.69) is 26.2 Å². The Morgan fingerprint density at radius 3 is 2.89 bits per heavy atom. The third kappa shape index (κ3) is 4.85. The van der Waals surface area contributed by atoms with Gasteiger partial charge in [0.2, 0.25) is 5.91 Å². The molecule has 0 saturated carbocycles. The number of carbonyl (C=O) groups is 1. The topological polar surface area (TPSA) is 41.5 Å². The molecule has 6 heteroatoms. The van der Waals surface area contributed by atoms with Crippen LogP contribution in [0.5, 0.6) is 0 Å². The first kappa shape index (κ1) is 14.9. The molecule has 1 aromatic carbocycles. The van der Waals surface area contributed by atoms with Crippen molar-refractivity contribution in [3.05, 3.63) is 34.3 Å². The highest BCUT2D eigenvalue weighted by atomic mass is 79.9. The first-order valence-electron chi connectivity index (χ1n) is 6.00. The standard InChI is InChI=1S/C13H15BrN2OS2/c1-9(10-2-4-11(14)5-3-10)16-12(17)8-19-13-15-6-7-18-13/h2-5,9H,6-8H2,1H3,(H,16,17). The zero-order valence-electron chi connectivity index (χ0n) is 10.6. The number of thioether (sulfide) groups is 2. The summed E-state index contributed by atoms with van der Waals surface area (Å²) in [4.78, 5) is 16.2. The van der Waals surface area contributed by atoms with Crippen molar-refractivity contribution in [2.24, 2.45) is 4.99 Å². The van der Waals surface area contributed by atoms with E-state index in [1.807, 2.05) is 31.2 Å². The van der Waals surface area contributed by atoms with Crippen LogP contribution >= 0.6 is 39.5 Å². The molecule has 1 N–H and O–H groups in total. The van der Waals surface area contributed by atoms with E-state index in [1.54, 1.807) is 11.8 Å². The average Bonchev–Trinajstić information content (AvgIpc) is 2.90. The first-order valence-corrected chi connectivity index (χ1v) is 8.76. The quantitative estimate of drug-likeness (QED) is 0.895. The van der Waals surface area contributed by atoms with Gasteiger partial charge >= 0.3 is 0 Å². The van der Waals surface area contributed by atoms with Gasteiger partial charge in [-0.15, -0.1) is 0 Å². The summed E-state index contributed by atoms with van der Waals surface area (Å²) in [6, 6.07) is 8.02. The predicted octanol–water partition coefficient (Wildman–Crippen LogP) is 3.46. The molecule has 3 nitrogen and oxygen atoms in total. The van der Waals surface area contributed by atoms with Gasteiger partial charge in [0.25, 0.3) is 0 Å². The Hall–Kier alpha value is -0.460. The molecule has 1 heterocycles. The number of benzene rings is 1. The maximum Gasteiger partial charge on any atom is 0.230 e. The van der Waals surface area contributed by atoms with Crippen molar-refractivity contribution in [2.75, 3.05) is 18.1 Å². The predicted molar refractivity (Wildman–Crippen MR) is 87.9 cm³/mol. The molecule has 0 aromatic heterocycles. The van der Waals surface area contributed by atoms with Crippen LogP contribution in [0.15, 0.2) is 33.7 Å². The van der Waals surface area contributed by atoms with Crippen LogP contribution in [-0.2, 0) is 4.79 Å². The molecule has 1 aromatic rings. The molecule has 1 amide bonds. The Morgan fingerprint density at radius 1 is 1.53 bits per heavy atom. The van der Waals surface area contributed by atoms with E-state index in [0.717, 1.165) is 26.7 Å². The van der Waals surface area contributed by atoms with Crippen LogP contribution < -0.4 is 5.32 Å². The van der Waals surface area contributed by atoms with Crippen LogP contribution in [0.4, 0.5) is 0 Å². The van der Waals surface area contributed by atoms with E-state index in [0.29, 0.717) is 5.75 Å². The second-order valence-electron chi connectivity index (χ2n) is 4.13. The maximum absolute atomic E-state index is 11.8. The summed E-state index contributed by atoms with van der Waals surface area (Å²) in [5, 5.41) is 3.00. The van der Waals surface area contributed by atoms with Crippen molar-refractivity contribution in [2.45, 2.75) is 13.0 Å². The Bertz CT molecular complexity index is 476. The number of nitrogens with one attached hydrogen (secondary N) is 1. The summed E-state index contributed by atoms with van der Waals surface area (Å²) in [5.74, 6) is 1.53. The van der Waals surface area contributed by atoms with Gasteiger partial charge in [-0.3, -0.25) is 9.79 Å². The minimum Gasteiger partial charge on any atom is -0.349 e. The number of carbonyl (C=O) groups excluding carboxylic acids is 1. The smallest absolute Gasteiger partial charge is 0.230 e. The number of aliphatic imine (C=N–C) groups is 1. The fourth-order valence-corrected chi connectivity index (χ4v) is 3.73. The third-order valence-corrected chi connectivity index (χ3v) is 5.41. The van der Waals surface area contributed by atoms with Crippen molar-refractivity contribution in [3.63, 3.8) is 0 Å². The maximum atomic E-state index is 11.8. The van der Waals surface area contributed by atoms with E-state index in [1.165, 1.54) is 11.8 Å². The van der Waals surface area contributed by atoms with Crippen LogP contribution in [0.2, 0.25) is 0 Å². The SMILES string of the molecule is CC(NC(=O)CSC1=NCCS1)c1ccc(Br)cc1. The van der Waals surface area contributed by atoms with Gasteiger partial charge in [0.1, 0.15) is 4.38 Å². The molecule has 0 radical (unpaired) electrons. The summed E-state index contributed by atoms with van der Waals surface area (Å²) in [6.45, 7) is 2.87. The first-order chi connectivity index (χ1) is 9.15. The second kappa shape index (κ2) is 7.36. The Morgan fingerprint density at radius 2 is 2.26 bits per heavy atom. The van der Waals surface area contributed by atoms with Gasteiger partial charge in [-0.2, -0.15) is 0 Å². The lowest BCUT2D eigenvalue weighted by Crippen LogP contribution is -2.28. The number of halogens is 1. The normalized spacial score (nSPS) is 16.0. The fourth-order valence-electron chi connectivity index (χ4n) is 1.65. The van der Waals surface area contributed by atoms with Crippen molar-refractivity contribution in [1.29, 1.82) is 0 Å². The van der Waals surface area contributed by atoms with Crippen LogP contribution in [0, 0.1) is 0 Å². The van der Waals surface area contributed by atoms with E-state index in [-0.39, 0.29) is 11.9 Å². The van der Waals surface area contributed by atoms with Crippen LogP contribution in [0.1, 0.15) is 18.5 Å². The highest BCUT2D eigenvalue weighted by molar-refractivity contribution is 9.10. The fraction of sp³-hybridized carbons (Fsp3) is 0.385. The number of nitrogens with zero attached hydrogens (tertiary/aromatic N) is 1. The number of amides is 1. The minimum absolute atomic E-state index is 0.0272. The van der Waals surface area contributed by atoms with Gasteiger partial charge in [0.05, 0.1) is 18.3 Å². The summed E-state index contributed by atoms with van der Waals surface area (Å²) < 4.78 is 2.08. The van der Waals surface area contributed by atoms with Crippen LogP contribution in [0.25, 0.3) is 0 Å². The number of hydrogen-bond acceptors (Lipinski definition) is 4.